The lowest BCUT2D eigenvalue weighted by molar-refractivity contribution is -0.104. The normalized spacial score (nSPS) is 11.1. The van der Waals surface area contributed by atoms with Gasteiger partial charge in [0.25, 0.3) is 0 Å². The first kappa shape index (κ1) is 13.3. The van der Waals surface area contributed by atoms with Crippen molar-refractivity contribution in [3.05, 3.63) is 29.3 Å². The molecule has 0 saturated heterocycles. The van der Waals surface area contributed by atoms with E-state index in [1.807, 2.05) is 38.1 Å². The van der Waals surface area contributed by atoms with Gasteiger partial charge in [-0.15, -0.1) is 0 Å². The largest absolute Gasteiger partial charge is 0.493 e. The Bertz CT molecular complexity index is 408. The van der Waals surface area contributed by atoms with E-state index >= 15 is 0 Å². The van der Waals surface area contributed by atoms with Gasteiger partial charge in [0.1, 0.15) is 6.29 Å². The fourth-order valence-electron chi connectivity index (χ4n) is 1.48. The molecule has 17 heavy (non-hydrogen) atoms. The summed E-state index contributed by atoms with van der Waals surface area (Å²) in [7, 11) is 1.61. The van der Waals surface area contributed by atoms with E-state index in [4.69, 9.17) is 9.47 Å². The highest BCUT2D eigenvalue weighted by atomic mass is 16.5. The van der Waals surface area contributed by atoms with Crippen LogP contribution in [0.1, 0.15) is 25.8 Å². The van der Waals surface area contributed by atoms with E-state index in [1.54, 1.807) is 7.11 Å². The number of hydrogen-bond acceptors (Lipinski definition) is 3. The number of methoxy groups -OCH3 is 1. The Labute approximate surface area is 102 Å². The van der Waals surface area contributed by atoms with E-state index in [0.29, 0.717) is 18.1 Å². The second-order valence-electron chi connectivity index (χ2n) is 3.53. The molecule has 0 aliphatic rings. The van der Waals surface area contributed by atoms with Crippen molar-refractivity contribution in [1.82, 2.24) is 0 Å². The van der Waals surface area contributed by atoms with Crippen LogP contribution in [0.5, 0.6) is 11.5 Å². The maximum Gasteiger partial charge on any atom is 0.161 e. The third-order valence-corrected chi connectivity index (χ3v) is 2.40. The first-order valence-corrected chi connectivity index (χ1v) is 5.71. The minimum atomic E-state index is 0.581. The molecule has 1 rings (SSSR count). The zero-order valence-electron chi connectivity index (χ0n) is 10.5. The van der Waals surface area contributed by atoms with Gasteiger partial charge in [-0.3, -0.25) is 4.79 Å². The van der Waals surface area contributed by atoms with Crippen LogP contribution in [-0.4, -0.2) is 20.0 Å². The lowest BCUT2D eigenvalue weighted by Crippen LogP contribution is -1.95. The van der Waals surface area contributed by atoms with Crippen molar-refractivity contribution < 1.29 is 14.3 Å². The van der Waals surface area contributed by atoms with Crippen LogP contribution >= 0.6 is 0 Å². The summed E-state index contributed by atoms with van der Waals surface area (Å²) < 4.78 is 10.7. The molecule has 0 heterocycles. The molecule has 0 bridgehead atoms. The van der Waals surface area contributed by atoms with E-state index < -0.39 is 0 Å². The SMILES string of the molecule is CCOc1cc(C=C(C=O)CC)ccc1OC. The average Bonchev–Trinajstić information content (AvgIpc) is 2.36. The van der Waals surface area contributed by atoms with E-state index in [-0.39, 0.29) is 0 Å². The molecule has 1 aromatic rings. The topological polar surface area (TPSA) is 35.5 Å². The van der Waals surface area contributed by atoms with Crippen molar-refractivity contribution in [2.75, 3.05) is 13.7 Å². The van der Waals surface area contributed by atoms with Crippen molar-refractivity contribution in [3.63, 3.8) is 0 Å². The monoisotopic (exact) mass is 234 g/mol. The smallest absolute Gasteiger partial charge is 0.161 e. The standard InChI is InChI=1S/C14H18O3/c1-4-11(10-15)8-12-6-7-13(16-3)14(9-12)17-5-2/h6-10H,4-5H2,1-3H3. The molecule has 0 amide bonds. The van der Waals surface area contributed by atoms with E-state index in [9.17, 15) is 4.79 Å². The molecule has 3 heteroatoms. The number of carbonyl (C=O) groups is 1. The van der Waals surface area contributed by atoms with Gasteiger partial charge >= 0.3 is 0 Å². The average molecular weight is 234 g/mol. The molecule has 0 N–H and O–H groups in total. The van der Waals surface area contributed by atoms with Crippen molar-refractivity contribution in [2.45, 2.75) is 20.3 Å². The molecule has 92 valence electrons. The molecular formula is C14H18O3. The summed E-state index contributed by atoms with van der Waals surface area (Å²) >= 11 is 0. The Hall–Kier alpha value is -1.77. The maximum absolute atomic E-state index is 10.7. The van der Waals surface area contributed by atoms with Crippen LogP contribution in [0.2, 0.25) is 0 Å². The molecule has 0 saturated carbocycles. The molecule has 0 aliphatic carbocycles. The zero-order chi connectivity index (χ0) is 12.7. The summed E-state index contributed by atoms with van der Waals surface area (Å²) in [5.41, 5.74) is 1.70. The maximum atomic E-state index is 10.7. The number of allylic oxidation sites excluding steroid dienone is 1. The fraction of sp³-hybridized carbons (Fsp3) is 0.357. The van der Waals surface area contributed by atoms with Gasteiger partial charge in [-0.1, -0.05) is 13.0 Å². The van der Waals surface area contributed by atoms with Gasteiger partial charge in [0.05, 0.1) is 13.7 Å². The molecule has 0 fully saturated rings. The molecule has 0 aromatic heterocycles. The Kier molecular flexibility index (Phi) is 5.27. The van der Waals surface area contributed by atoms with Crippen molar-refractivity contribution in [1.29, 1.82) is 0 Å². The molecule has 0 unspecified atom stereocenters. The van der Waals surface area contributed by atoms with Crippen LogP contribution in [0.3, 0.4) is 0 Å². The van der Waals surface area contributed by atoms with Gasteiger partial charge < -0.3 is 9.47 Å². The first-order valence-electron chi connectivity index (χ1n) is 5.71. The highest BCUT2D eigenvalue weighted by Gasteiger charge is 2.04. The number of benzene rings is 1. The highest BCUT2D eigenvalue weighted by molar-refractivity contribution is 5.81. The predicted octanol–water partition coefficient (Wildman–Crippen LogP) is 3.09. The zero-order valence-corrected chi connectivity index (χ0v) is 10.5. The summed E-state index contributed by atoms with van der Waals surface area (Å²) in [5, 5.41) is 0. The van der Waals surface area contributed by atoms with Gasteiger partial charge in [0, 0.05) is 0 Å². The minimum Gasteiger partial charge on any atom is -0.493 e. The molecule has 0 aliphatic heterocycles. The van der Waals surface area contributed by atoms with Crippen molar-refractivity contribution >= 4 is 12.4 Å². The second kappa shape index (κ2) is 6.74. The molecule has 1 aromatic carbocycles. The fourth-order valence-corrected chi connectivity index (χ4v) is 1.48. The van der Waals surface area contributed by atoms with Gasteiger partial charge in [-0.25, -0.2) is 0 Å². The Balaban J connectivity index is 3.06. The third kappa shape index (κ3) is 3.63. The number of rotatable bonds is 6. The number of carbonyl (C=O) groups excluding carboxylic acids is 1. The molecular weight excluding hydrogens is 216 g/mol. The Morgan fingerprint density at radius 1 is 1.29 bits per heavy atom. The van der Waals surface area contributed by atoms with Crippen molar-refractivity contribution in [3.8, 4) is 11.5 Å². The summed E-state index contributed by atoms with van der Waals surface area (Å²) in [5.74, 6) is 1.40. The van der Waals surface area contributed by atoms with Crippen LogP contribution < -0.4 is 9.47 Å². The van der Waals surface area contributed by atoms with E-state index in [2.05, 4.69) is 0 Å². The van der Waals surface area contributed by atoms with Crippen LogP contribution in [0, 0.1) is 0 Å². The summed E-state index contributed by atoms with van der Waals surface area (Å²) in [6, 6.07) is 5.62. The number of ether oxygens (including phenoxy) is 2. The summed E-state index contributed by atoms with van der Waals surface area (Å²) in [6.07, 6.45) is 3.46. The molecule has 0 spiro atoms. The highest BCUT2D eigenvalue weighted by Crippen LogP contribution is 2.28. The third-order valence-electron chi connectivity index (χ3n) is 2.40. The second-order valence-corrected chi connectivity index (χ2v) is 3.53. The summed E-state index contributed by atoms with van der Waals surface area (Å²) in [6.45, 7) is 4.45. The van der Waals surface area contributed by atoms with E-state index in [0.717, 1.165) is 23.8 Å². The number of hydrogen-bond donors (Lipinski definition) is 0. The van der Waals surface area contributed by atoms with Crippen LogP contribution in [0.15, 0.2) is 23.8 Å². The molecule has 3 nitrogen and oxygen atoms in total. The molecule has 0 atom stereocenters. The van der Waals surface area contributed by atoms with Gasteiger partial charge in [0.2, 0.25) is 0 Å². The predicted molar refractivity (Wildman–Crippen MR) is 68.5 cm³/mol. The van der Waals surface area contributed by atoms with Gasteiger partial charge in [0.15, 0.2) is 11.5 Å². The van der Waals surface area contributed by atoms with E-state index in [1.165, 1.54) is 0 Å². The molecule has 0 radical (unpaired) electrons. The van der Waals surface area contributed by atoms with Crippen LogP contribution in [0.25, 0.3) is 6.08 Å². The van der Waals surface area contributed by atoms with Crippen LogP contribution in [-0.2, 0) is 4.79 Å². The van der Waals surface area contributed by atoms with Gasteiger partial charge in [-0.05, 0) is 42.7 Å². The number of aldehydes is 1. The summed E-state index contributed by atoms with van der Waals surface area (Å²) in [4.78, 5) is 10.7. The van der Waals surface area contributed by atoms with Crippen LogP contribution in [0.4, 0.5) is 0 Å². The quantitative estimate of drug-likeness (QED) is 0.560. The first-order chi connectivity index (χ1) is 8.24. The Morgan fingerprint density at radius 3 is 2.59 bits per heavy atom. The lowest BCUT2D eigenvalue weighted by Gasteiger charge is -2.09. The minimum absolute atomic E-state index is 0.581. The lowest BCUT2D eigenvalue weighted by atomic mass is 10.1. The van der Waals surface area contributed by atoms with Crippen molar-refractivity contribution in [2.24, 2.45) is 0 Å². The van der Waals surface area contributed by atoms with Gasteiger partial charge in [-0.2, -0.15) is 0 Å². The Morgan fingerprint density at radius 2 is 2.06 bits per heavy atom.